The molecule has 0 bridgehead atoms. The summed E-state index contributed by atoms with van der Waals surface area (Å²) in [5, 5.41) is 2.81. The van der Waals surface area contributed by atoms with Gasteiger partial charge in [-0.1, -0.05) is 26.0 Å². The molecule has 0 aliphatic carbocycles. The molecule has 0 saturated carbocycles. The lowest BCUT2D eigenvalue weighted by Crippen LogP contribution is -2.40. The molecule has 2 aliphatic rings. The molecular weight excluding hydrogens is 338 g/mol. The van der Waals surface area contributed by atoms with E-state index >= 15 is 0 Å². The first-order chi connectivity index (χ1) is 11.9. The molecule has 1 amide bonds. The highest BCUT2D eigenvalue weighted by atomic mass is 32.2. The highest BCUT2D eigenvalue weighted by Gasteiger charge is 2.29. The third kappa shape index (κ3) is 3.82. The molecule has 2 aliphatic heterocycles. The monoisotopic (exact) mass is 359 g/mol. The summed E-state index contributed by atoms with van der Waals surface area (Å²) in [4.78, 5) is 14.3. The van der Waals surface area contributed by atoms with E-state index in [0.29, 0.717) is 18.2 Å². The van der Waals surface area contributed by atoms with Crippen molar-refractivity contribution in [1.82, 2.24) is 4.90 Å². The summed E-state index contributed by atoms with van der Waals surface area (Å²) >= 11 is 0. The lowest BCUT2D eigenvalue weighted by Gasteiger charge is -2.28. The minimum Gasteiger partial charge on any atom is -0.331 e. The molecule has 0 aromatic heterocycles. The Morgan fingerprint density at radius 1 is 1.32 bits per heavy atom. The minimum absolute atomic E-state index is 0.0488. The second-order valence-electron chi connectivity index (χ2n) is 6.20. The first-order valence-electron chi connectivity index (χ1n) is 8.29. The zero-order valence-electron chi connectivity index (χ0n) is 14.3. The lowest BCUT2D eigenvalue weighted by molar-refractivity contribution is -0.112. The molecule has 1 aromatic carbocycles. The van der Waals surface area contributed by atoms with Crippen LogP contribution in [0.2, 0.25) is 0 Å². The Bertz CT molecular complexity index is 867. The number of amides is 1. The Kier molecular flexibility index (Phi) is 4.76. The fourth-order valence-corrected chi connectivity index (χ4v) is 3.71. The number of rotatable bonds is 4. The van der Waals surface area contributed by atoms with Crippen molar-refractivity contribution >= 4 is 27.5 Å². The van der Waals surface area contributed by atoms with Gasteiger partial charge in [-0.05, 0) is 42.2 Å². The van der Waals surface area contributed by atoms with Crippen molar-refractivity contribution < 1.29 is 13.2 Å². The van der Waals surface area contributed by atoms with E-state index < -0.39 is 10.0 Å². The molecule has 0 unspecified atom stereocenters. The average molecular weight is 359 g/mol. The number of hydrogen-bond acceptors (Lipinski definition) is 4. The number of nitrogens with zero attached hydrogens (tertiary/aromatic N) is 2. The number of sulfonamides is 1. The summed E-state index contributed by atoms with van der Waals surface area (Å²) in [6, 6.07) is 7.70. The van der Waals surface area contributed by atoms with Crippen molar-refractivity contribution in [3.63, 3.8) is 0 Å². The van der Waals surface area contributed by atoms with Crippen molar-refractivity contribution in [2.24, 2.45) is 4.40 Å². The van der Waals surface area contributed by atoms with Crippen LogP contribution in [0.1, 0.15) is 31.7 Å². The van der Waals surface area contributed by atoms with Crippen molar-refractivity contribution in [2.75, 3.05) is 17.6 Å². The third-order valence-corrected chi connectivity index (χ3v) is 5.60. The van der Waals surface area contributed by atoms with Crippen molar-refractivity contribution in [3.05, 3.63) is 53.8 Å². The van der Waals surface area contributed by atoms with Crippen LogP contribution in [0.15, 0.2) is 52.6 Å². The fourth-order valence-electron chi connectivity index (χ4n) is 2.72. The molecule has 0 saturated heterocycles. The maximum Gasteiger partial charge on any atom is 0.259 e. The van der Waals surface area contributed by atoms with E-state index in [0.717, 1.165) is 6.42 Å². The van der Waals surface area contributed by atoms with Crippen LogP contribution in [0.4, 0.5) is 5.69 Å². The van der Waals surface area contributed by atoms with E-state index in [1.165, 1.54) is 5.56 Å². The number of fused-ring (bicyclic) bond motifs is 1. The Balaban J connectivity index is 1.80. The topological polar surface area (TPSA) is 78.8 Å². The van der Waals surface area contributed by atoms with Crippen LogP contribution in [0, 0.1) is 0 Å². The van der Waals surface area contributed by atoms with Gasteiger partial charge in [0.15, 0.2) is 5.84 Å². The Morgan fingerprint density at radius 2 is 2.04 bits per heavy atom. The van der Waals surface area contributed by atoms with Gasteiger partial charge >= 0.3 is 0 Å². The highest BCUT2D eigenvalue weighted by molar-refractivity contribution is 7.90. The molecule has 3 rings (SSSR count). The summed E-state index contributed by atoms with van der Waals surface area (Å²) in [5.74, 6) is 0.225. The van der Waals surface area contributed by atoms with Crippen molar-refractivity contribution in [2.45, 2.75) is 26.2 Å². The van der Waals surface area contributed by atoms with Crippen LogP contribution in [-0.4, -0.2) is 37.4 Å². The molecule has 0 radical (unpaired) electrons. The number of amidine groups is 1. The van der Waals surface area contributed by atoms with E-state index in [9.17, 15) is 13.2 Å². The first kappa shape index (κ1) is 17.4. The number of hydrogen-bond donors (Lipinski definition) is 1. The van der Waals surface area contributed by atoms with Gasteiger partial charge in [-0.2, -0.15) is 0 Å². The van der Waals surface area contributed by atoms with E-state index in [2.05, 4.69) is 23.6 Å². The smallest absolute Gasteiger partial charge is 0.259 e. The molecule has 2 heterocycles. The molecule has 7 heteroatoms. The standard InChI is InChI=1S/C18H21N3O3S/c1-3-13(2)14-6-8-15(9-7-14)19-18(22)16-5-4-10-21-11-12-25(23,24)20-17(16)21/h4-10,13H,3,11-12H2,1-2H3,(H,19,22)/t13-/m0/s1. The van der Waals surface area contributed by atoms with Gasteiger partial charge in [0.05, 0.1) is 11.3 Å². The molecular formula is C18H21N3O3S. The van der Waals surface area contributed by atoms with E-state index in [1.807, 2.05) is 24.3 Å². The predicted molar refractivity (Wildman–Crippen MR) is 98.9 cm³/mol. The Hall–Kier alpha value is -2.41. The van der Waals surface area contributed by atoms with E-state index in [-0.39, 0.29) is 23.1 Å². The van der Waals surface area contributed by atoms with Crippen LogP contribution in [-0.2, 0) is 14.8 Å². The Morgan fingerprint density at radius 3 is 2.72 bits per heavy atom. The fraction of sp³-hybridized carbons (Fsp3) is 0.333. The number of nitrogens with one attached hydrogen (secondary N) is 1. The van der Waals surface area contributed by atoms with Gasteiger partial charge in [-0.3, -0.25) is 4.79 Å². The summed E-state index contributed by atoms with van der Waals surface area (Å²) in [7, 11) is -3.52. The van der Waals surface area contributed by atoms with Crippen LogP contribution >= 0.6 is 0 Å². The van der Waals surface area contributed by atoms with Gasteiger partial charge in [-0.25, -0.2) is 8.42 Å². The summed E-state index contributed by atoms with van der Waals surface area (Å²) < 4.78 is 27.3. The van der Waals surface area contributed by atoms with E-state index in [4.69, 9.17) is 0 Å². The largest absolute Gasteiger partial charge is 0.331 e. The SMILES string of the molecule is CC[C@H](C)c1ccc(NC(=O)C2=CC=CN3CCS(=O)(=O)N=C23)cc1. The van der Waals surface area contributed by atoms with Crippen LogP contribution < -0.4 is 5.32 Å². The lowest BCUT2D eigenvalue weighted by atomic mass is 9.98. The molecule has 0 fully saturated rings. The van der Waals surface area contributed by atoms with Gasteiger partial charge in [0.2, 0.25) is 0 Å². The minimum atomic E-state index is -3.52. The maximum absolute atomic E-state index is 12.6. The van der Waals surface area contributed by atoms with Gasteiger partial charge in [-0.15, -0.1) is 4.40 Å². The number of carbonyl (C=O) groups is 1. The van der Waals surface area contributed by atoms with Crippen molar-refractivity contribution in [1.29, 1.82) is 0 Å². The number of carbonyl (C=O) groups excluding carboxylic acids is 1. The average Bonchev–Trinajstić information content (AvgIpc) is 2.60. The molecule has 1 aromatic rings. The summed E-state index contributed by atoms with van der Waals surface area (Å²) in [5.41, 5.74) is 2.13. The normalized spacial score (nSPS) is 19.5. The third-order valence-electron chi connectivity index (χ3n) is 4.45. The van der Waals surface area contributed by atoms with Crippen LogP contribution in [0.3, 0.4) is 0 Å². The predicted octanol–water partition coefficient (Wildman–Crippen LogP) is 2.64. The number of benzene rings is 1. The van der Waals surface area contributed by atoms with Gasteiger partial charge in [0.1, 0.15) is 0 Å². The summed E-state index contributed by atoms with van der Waals surface area (Å²) in [6.45, 7) is 4.59. The summed E-state index contributed by atoms with van der Waals surface area (Å²) in [6.07, 6.45) is 6.08. The van der Waals surface area contributed by atoms with Crippen LogP contribution in [0.5, 0.6) is 0 Å². The highest BCUT2D eigenvalue weighted by Crippen LogP contribution is 2.22. The molecule has 1 N–H and O–H groups in total. The quantitative estimate of drug-likeness (QED) is 0.896. The second-order valence-corrected chi connectivity index (χ2v) is 7.96. The van der Waals surface area contributed by atoms with Gasteiger partial charge in [0.25, 0.3) is 15.9 Å². The zero-order chi connectivity index (χ0) is 18.0. The molecule has 25 heavy (non-hydrogen) atoms. The number of allylic oxidation sites excluding steroid dienone is 2. The van der Waals surface area contributed by atoms with Gasteiger partial charge < -0.3 is 10.2 Å². The van der Waals surface area contributed by atoms with Crippen LogP contribution in [0.25, 0.3) is 0 Å². The van der Waals surface area contributed by atoms with Crippen molar-refractivity contribution in [3.8, 4) is 0 Å². The van der Waals surface area contributed by atoms with Gasteiger partial charge in [0, 0.05) is 18.4 Å². The van der Waals surface area contributed by atoms with E-state index in [1.54, 1.807) is 23.3 Å². The molecule has 0 spiro atoms. The Labute approximate surface area is 148 Å². The maximum atomic E-state index is 12.6. The second kappa shape index (κ2) is 6.84. The number of anilines is 1. The zero-order valence-corrected chi connectivity index (χ0v) is 15.1. The first-order valence-corrected chi connectivity index (χ1v) is 9.90. The molecule has 6 nitrogen and oxygen atoms in total. The molecule has 132 valence electrons. The molecule has 1 atom stereocenters.